The molecule has 0 radical (unpaired) electrons. The summed E-state index contributed by atoms with van der Waals surface area (Å²) >= 11 is 11.8. The molecule has 82 valence electrons. The van der Waals surface area contributed by atoms with E-state index in [1.165, 1.54) is 0 Å². The van der Waals surface area contributed by atoms with E-state index in [9.17, 15) is 4.79 Å². The molecule has 0 spiro atoms. The molecule has 0 heterocycles. The molecular weight excluding hydrogens is 231 g/mol. The minimum Gasteiger partial charge on any atom is -0.303 e. The van der Waals surface area contributed by atoms with E-state index >= 15 is 0 Å². The fourth-order valence-electron chi connectivity index (χ4n) is 1.44. The second-order valence-electron chi connectivity index (χ2n) is 3.50. The molecule has 0 atom stereocenters. The van der Waals surface area contributed by atoms with Gasteiger partial charge in [-0.25, -0.2) is 0 Å². The van der Waals surface area contributed by atoms with Crippen LogP contribution in [0.4, 0.5) is 0 Å². The maximum Gasteiger partial charge on any atom is 0.119 e. The van der Waals surface area contributed by atoms with Gasteiger partial charge >= 0.3 is 0 Å². The fraction of sp³-hybridized carbons (Fsp3) is 0.417. The third-order valence-electron chi connectivity index (χ3n) is 2.28. The number of aryl methyl sites for hydroxylation is 1. The Bertz CT molecular complexity index is 323. The van der Waals surface area contributed by atoms with Crippen molar-refractivity contribution in [3.8, 4) is 0 Å². The van der Waals surface area contributed by atoms with Crippen LogP contribution in [-0.4, -0.2) is 6.29 Å². The maximum absolute atomic E-state index is 10.1. The molecule has 0 N–H and O–H groups in total. The maximum atomic E-state index is 10.1. The normalized spacial score (nSPS) is 10.3. The third-order valence-corrected chi connectivity index (χ3v) is 2.87. The predicted molar refractivity (Wildman–Crippen MR) is 64.7 cm³/mol. The number of carbonyl (C=O) groups is 1. The highest BCUT2D eigenvalue weighted by molar-refractivity contribution is 6.35. The number of hydrogen-bond donors (Lipinski definition) is 0. The van der Waals surface area contributed by atoms with Crippen molar-refractivity contribution in [1.82, 2.24) is 0 Å². The summed E-state index contributed by atoms with van der Waals surface area (Å²) in [7, 11) is 0. The van der Waals surface area contributed by atoms with E-state index in [4.69, 9.17) is 23.2 Å². The summed E-state index contributed by atoms with van der Waals surface area (Å²) in [5.74, 6) is 0. The largest absolute Gasteiger partial charge is 0.303 e. The van der Waals surface area contributed by atoms with Crippen LogP contribution < -0.4 is 0 Å². The summed E-state index contributed by atoms with van der Waals surface area (Å²) in [4.78, 5) is 10.1. The van der Waals surface area contributed by atoms with Gasteiger partial charge in [-0.15, -0.1) is 0 Å². The van der Waals surface area contributed by atoms with Gasteiger partial charge in [0.15, 0.2) is 0 Å². The number of benzene rings is 1. The number of unbranched alkanes of at least 4 members (excludes halogenated alkanes) is 3. The van der Waals surface area contributed by atoms with Gasteiger partial charge in [-0.2, -0.15) is 0 Å². The summed E-state index contributed by atoms with van der Waals surface area (Å²) < 4.78 is 0. The van der Waals surface area contributed by atoms with Gasteiger partial charge in [0.1, 0.15) is 6.29 Å². The molecule has 1 rings (SSSR count). The van der Waals surface area contributed by atoms with Gasteiger partial charge in [0.25, 0.3) is 0 Å². The monoisotopic (exact) mass is 244 g/mol. The third kappa shape index (κ3) is 4.67. The molecule has 0 bridgehead atoms. The predicted octanol–water partition coefficient (Wildman–Crippen LogP) is 4.30. The number of carbonyl (C=O) groups excluding carboxylic acids is 1. The molecule has 15 heavy (non-hydrogen) atoms. The molecule has 0 amide bonds. The van der Waals surface area contributed by atoms with Gasteiger partial charge < -0.3 is 4.79 Å². The summed E-state index contributed by atoms with van der Waals surface area (Å²) in [6.45, 7) is 0. The lowest BCUT2D eigenvalue weighted by Gasteiger charge is -2.03. The van der Waals surface area contributed by atoms with Crippen molar-refractivity contribution in [3.05, 3.63) is 33.8 Å². The standard InChI is InChI=1S/C12H14Cl2O/c13-11-7-6-10(12(14)9-11)5-3-1-2-4-8-15/h6-9H,1-5H2. The molecule has 3 heteroatoms. The van der Waals surface area contributed by atoms with Gasteiger partial charge in [0, 0.05) is 16.5 Å². The second kappa shape index (κ2) is 6.86. The Hall–Kier alpha value is -0.530. The van der Waals surface area contributed by atoms with Crippen molar-refractivity contribution in [2.24, 2.45) is 0 Å². The molecule has 0 aliphatic rings. The summed E-state index contributed by atoms with van der Waals surface area (Å²) in [6, 6.07) is 5.59. The molecule has 0 fully saturated rings. The first-order valence-corrected chi connectivity index (χ1v) is 5.87. The first kappa shape index (κ1) is 12.5. The lowest BCUT2D eigenvalue weighted by molar-refractivity contribution is -0.107. The van der Waals surface area contributed by atoms with Crippen molar-refractivity contribution >= 4 is 29.5 Å². The number of hydrogen-bond acceptors (Lipinski definition) is 1. The highest BCUT2D eigenvalue weighted by Gasteiger charge is 2.00. The van der Waals surface area contributed by atoms with E-state index in [1.54, 1.807) is 6.07 Å². The SMILES string of the molecule is O=CCCCCCc1ccc(Cl)cc1Cl. The Labute approximate surface area is 100 Å². The van der Waals surface area contributed by atoms with Crippen LogP contribution in [0.15, 0.2) is 18.2 Å². The molecule has 0 aliphatic heterocycles. The van der Waals surface area contributed by atoms with Crippen molar-refractivity contribution in [2.75, 3.05) is 0 Å². The van der Waals surface area contributed by atoms with Crippen molar-refractivity contribution in [2.45, 2.75) is 32.1 Å². The minimum atomic E-state index is 0.661. The topological polar surface area (TPSA) is 17.1 Å². The highest BCUT2D eigenvalue weighted by atomic mass is 35.5. The van der Waals surface area contributed by atoms with Crippen LogP contribution >= 0.6 is 23.2 Å². The van der Waals surface area contributed by atoms with E-state index in [1.807, 2.05) is 12.1 Å². The Morgan fingerprint density at radius 1 is 1.13 bits per heavy atom. The Morgan fingerprint density at radius 3 is 2.60 bits per heavy atom. The van der Waals surface area contributed by atoms with Gasteiger partial charge in [0.2, 0.25) is 0 Å². The van der Waals surface area contributed by atoms with Crippen LogP contribution in [0.1, 0.15) is 31.2 Å². The quantitative estimate of drug-likeness (QED) is 0.539. The molecule has 0 aromatic heterocycles. The van der Waals surface area contributed by atoms with Crippen LogP contribution in [0.2, 0.25) is 10.0 Å². The van der Waals surface area contributed by atoms with Crippen LogP contribution in [0.5, 0.6) is 0 Å². The molecule has 1 aromatic carbocycles. The zero-order valence-electron chi connectivity index (χ0n) is 8.51. The van der Waals surface area contributed by atoms with Gasteiger partial charge in [0.05, 0.1) is 0 Å². The molecule has 0 unspecified atom stereocenters. The van der Waals surface area contributed by atoms with Crippen molar-refractivity contribution < 1.29 is 4.79 Å². The van der Waals surface area contributed by atoms with E-state index in [2.05, 4.69) is 0 Å². The van der Waals surface area contributed by atoms with Crippen LogP contribution in [-0.2, 0) is 11.2 Å². The van der Waals surface area contributed by atoms with Crippen molar-refractivity contribution in [1.29, 1.82) is 0 Å². The zero-order valence-corrected chi connectivity index (χ0v) is 10.0. The lowest BCUT2D eigenvalue weighted by Crippen LogP contribution is -1.87. The first-order chi connectivity index (χ1) is 7.24. The lowest BCUT2D eigenvalue weighted by atomic mass is 10.1. The van der Waals surface area contributed by atoms with E-state index in [0.717, 1.165) is 42.6 Å². The average molecular weight is 245 g/mol. The Kier molecular flexibility index (Phi) is 5.74. The van der Waals surface area contributed by atoms with E-state index < -0.39 is 0 Å². The first-order valence-electron chi connectivity index (χ1n) is 5.11. The molecule has 0 saturated carbocycles. The second-order valence-corrected chi connectivity index (χ2v) is 4.35. The van der Waals surface area contributed by atoms with E-state index in [-0.39, 0.29) is 0 Å². The minimum absolute atomic E-state index is 0.661. The van der Waals surface area contributed by atoms with E-state index in [0.29, 0.717) is 11.4 Å². The summed E-state index contributed by atoms with van der Waals surface area (Å²) in [5, 5.41) is 1.41. The molecule has 1 aromatic rings. The van der Waals surface area contributed by atoms with Gasteiger partial charge in [-0.1, -0.05) is 35.7 Å². The van der Waals surface area contributed by atoms with Crippen LogP contribution in [0.25, 0.3) is 0 Å². The number of halogens is 2. The number of aldehydes is 1. The molecule has 0 aliphatic carbocycles. The fourth-order valence-corrected chi connectivity index (χ4v) is 1.95. The zero-order chi connectivity index (χ0) is 11.1. The van der Waals surface area contributed by atoms with Crippen LogP contribution in [0.3, 0.4) is 0 Å². The van der Waals surface area contributed by atoms with Crippen LogP contribution in [0, 0.1) is 0 Å². The number of rotatable bonds is 6. The smallest absolute Gasteiger partial charge is 0.119 e. The van der Waals surface area contributed by atoms with Gasteiger partial charge in [-0.05, 0) is 37.0 Å². The molecule has 1 nitrogen and oxygen atoms in total. The Morgan fingerprint density at radius 2 is 1.93 bits per heavy atom. The molecular formula is C12H14Cl2O. The summed E-state index contributed by atoms with van der Waals surface area (Å²) in [5.41, 5.74) is 1.13. The van der Waals surface area contributed by atoms with Crippen molar-refractivity contribution in [3.63, 3.8) is 0 Å². The average Bonchev–Trinajstić information content (AvgIpc) is 2.20. The highest BCUT2D eigenvalue weighted by Crippen LogP contribution is 2.22. The van der Waals surface area contributed by atoms with Gasteiger partial charge in [-0.3, -0.25) is 0 Å². The summed E-state index contributed by atoms with van der Waals surface area (Å²) in [6.07, 6.45) is 5.68. The Balaban J connectivity index is 2.34. The molecule has 0 saturated heterocycles.